The minimum Gasteiger partial charge on any atom is -0.466 e. The Morgan fingerprint density at radius 3 is 2.46 bits per heavy atom. The van der Waals surface area contributed by atoms with Crippen LogP contribution in [0.4, 0.5) is 5.69 Å². The number of rotatable bonds is 4. The largest absolute Gasteiger partial charge is 0.466 e. The topological polar surface area (TPSA) is 101 Å². The van der Waals surface area contributed by atoms with Gasteiger partial charge < -0.3 is 9.64 Å². The molecule has 0 saturated carbocycles. The molecule has 2 amide bonds. The molecule has 2 saturated heterocycles. The summed E-state index contributed by atoms with van der Waals surface area (Å²) in [5.74, 6) is -1.51. The highest BCUT2D eigenvalue weighted by Crippen LogP contribution is 2.30. The van der Waals surface area contributed by atoms with Crippen molar-refractivity contribution < 1.29 is 27.5 Å². The molecule has 2 aliphatic heterocycles. The number of carbonyl (C=O) groups is 3. The Bertz CT molecular complexity index is 909. The number of amides is 2. The first-order chi connectivity index (χ1) is 13.2. The Hall–Kier alpha value is -2.13. The summed E-state index contributed by atoms with van der Waals surface area (Å²) in [5.41, 5.74) is 0.356. The lowest BCUT2D eigenvalue weighted by atomic mass is 9.96. The highest BCUT2D eigenvalue weighted by Gasteiger charge is 2.37. The zero-order valence-corrected chi connectivity index (χ0v) is 17.0. The molecule has 2 fully saturated rings. The normalized spacial score (nSPS) is 19.7. The summed E-state index contributed by atoms with van der Waals surface area (Å²) in [6.07, 6.45) is 0.956. The van der Waals surface area contributed by atoms with Gasteiger partial charge in [-0.25, -0.2) is 12.7 Å². The SMILES string of the molecule is CCOC(=O)C1CCN(C(=O)c2ccc(N3C(=O)CCS3(=O)=O)cc2Cl)CC1. The van der Waals surface area contributed by atoms with E-state index < -0.39 is 15.9 Å². The van der Waals surface area contributed by atoms with Gasteiger partial charge in [0, 0.05) is 19.5 Å². The van der Waals surface area contributed by atoms with Crippen molar-refractivity contribution in [3.05, 3.63) is 28.8 Å². The van der Waals surface area contributed by atoms with E-state index in [9.17, 15) is 22.8 Å². The van der Waals surface area contributed by atoms with Gasteiger partial charge in [-0.05, 0) is 38.0 Å². The quantitative estimate of drug-likeness (QED) is 0.678. The molecule has 0 N–H and O–H groups in total. The van der Waals surface area contributed by atoms with Crippen molar-refractivity contribution >= 4 is 45.1 Å². The van der Waals surface area contributed by atoms with Crippen LogP contribution in [0.3, 0.4) is 0 Å². The maximum Gasteiger partial charge on any atom is 0.309 e. The number of esters is 1. The Labute approximate surface area is 168 Å². The molecule has 0 aromatic heterocycles. The van der Waals surface area contributed by atoms with Crippen LogP contribution in [0.5, 0.6) is 0 Å². The Morgan fingerprint density at radius 1 is 1.25 bits per heavy atom. The third kappa shape index (κ3) is 4.00. The third-order valence-electron chi connectivity index (χ3n) is 4.90. The third-order valence-corrected chi connectivity index (χ3v) is 6.90. The van der Waals surface area contributed by atoms with Crippen molar-refractivity contribution in [2.24, 2.45) is 5.92 Å². The molecule has 0 unspecified atom stereocenters. The van der Waals surface area contributed by atoms with Gasteiger partial charge in [0.05, 0.1) is 34.6 Å². The summed E-state index contributed by atoms with van der Waals surface area (Å²) >= 11 is 6.23. The number of sulfonamides is 1. The first-order valence-corrected chi connectivity index (χ1v) is 11.0. The van der Waals surface area contributed by atoms with E-state index in [2.05, 4.69) is 0 Å². The second-order valence-corrected chi connectivity index (χ2v) is 9.05. The van der Waals surface area contributed by atoms with E-state index in [-0.39, 0.29) is 46.2 Å². The van der Waals surface area contributed by atoms with E-state index in [1.54, 1.807) is 11.8 Å². The number of anilines is 1. The molecule has 10 heteroatoms. The van der Waals surface area contributed by atoms with E-state index in [1.165, 1.54) is 18.2 Å². The van der Waals surface area contributed by atoms with Gasteiger partial charge in [-0.1, -0.05) is 11.6 Å². The van der Waals surface area contributed by atoms with Gasteiger partial charge in [-0.2, -0.15) is 0 Å². The average molecular weight is 429 g/mol. The number of hydrogen-bond acceptors (Lipinski definition) is 6. The van der Waals surface area contributed by atoms with Crippen LogP contribution in [-0.2, 0) is 24.3 Å². The molecule has 0 radical (unpaired) electrons. The van der Waals surface area contributed by atoms with Crippen molar-refractivity contribution in [3.63, 3.8) is 0 Å². The fourth-order valence-electron chi connectivity index (χ4n) is 3.42. The summed E-state index contributed by atoms with van der Waals surface area (Å²) in [6, 6.07) is 4.16. The number of nitrogens with zero attached hydrogens (tertiary/aromatic N) is 2. The lowest BCUT2D eigenvalue weighted by Gasteiger charge is -2.31. The molecule has 8 nitrogen and oxygen atoms in total. The molecule has 0 bridgehead atoms. The van der Waals surface area contributed by atoms with Crippen molar-refractivity contribution in [1.29, 1.82) is 0 Å². The first-order valence-electron chi connectivity index (χ1n) is 9.06. The van der Waals surface area contributed by atoms with Crippen LogP contribution in [0.2, 0.25) is 5.02 Å². The van der Waals surface area contributed by atoms with Crippen LogP contribution in [0.25, 0.3) is 0 Å². The van der Waals surface area contributed by atoms with E-state index in [4.69, 9.17) is 16.3 Å². The smallest absolute Gasteiger partial charge is 0.309 e. The predicted octanol–water partition coefficient (Wildman–Crippen LogP) is 1.82. The molecule has 0 aliphatic carbocycles. The summed E-state index contributed by atoms with van der Waals surface area (Å²) in [4.78, 5) is 38.1. The van der Waals surface area contributed by atoms with Crippen molar-refractivity contribution in [1.82, 2.24) is 4.90 Å². The fraction of sp³-hybridized carbons (Fsp3) is 0.500. The molecule has 0 atom stereocenters. The van der Waals surface area contributed by atoms with Gasteiger partial charge in [-0.3, -0.25) is 14.4 Å². The molecule has 2 aliphatic rings. The number of halogens is 1. The second-order valence-electron chi connectivity index (χ2n) is 6.71. The lowest BCUT2D eigenvalue weighted by Crippen LogP contribution is -2.40. The number of hydrogen-bond donors (Lipinski definition) is 0. The molecule has 2 heterocycles. The van der Waals surface area contributed by atoms with Crippen LogP contribution < -0.4 is 4.31 Å². The maximum atomic E-state index is 12.8. The standard InChI is InChI=1S/C18H21ClN2O6S/c1-2-27-18(24)12-5-8-20(9-6-12)17(23)14-4-3-13(11-15(14)19)21-16(22)7-10-28(21,25)26/h3-4,11-12H,2,5-10H2,1H3. The van der Waals surface area contributed by atoms with E-state index in [0.717, 1.165) is 4.31 Å². The Morgan fingerprint density at radius 2 is 1.93 bits per heavy atom. The Kier molecular flexibility index (Phi) is 5.95. The first kappa shape index (κ1) is 20.6. The second kappa shape index (κ2) is 8.08. The van der Waals surface area contributed by atoms with E-state index >= 15 is 0 Å². The molecular formula is C18H21ClN2O6S. The van der Waals surface area contributed by atoms with Crippen LogP contribution in [0.15, 0.2) is 18.2 Å². The highest BCUT2D eigenvalue weighted by molar-refractivity contribution is 7.94. The molecule has 28 heavy (non-hydrogen) atoms. The molecule has 3 rings (SSSR count). The molecule has 152 valence electrons. The summed E-state index contributed by atoms with van der Waals surface area (Å²) in [5, 5.41) is 0.0740. The number of benzene rings is 1. The van der Waals surface area contributed by atoms with Crippen molar-refractivity contribution in [2.45, 2.75) is 26.2 Å². The minimum atomic E-state index is -3.69. The van der Waals surface area contributed by atoms with Gasteiger partial charge in [0.25, 0.3) is 5.91 Å². The Balaban J connectivity index is 1.72. The van der Waals surface area contributed by atoms with Crippen LogP contribution in [0, 0.1) is 5.92 Å². The van der Waals surface area contributed by atoms with Crippen LogP contribution in [0.1, 0.15) is 36.5 Å². The average Bonchev–Trinajstić information content (AvgIpc) is 2.94. The highest BCUT2D eigenvalue weighted by atomic mass is 35.5. The van der Waals surface area contributed by atoms with Crippen molar-refractivity contribution in [3.8, 4) is 0 Å². The van der Waals surface area contributed by atoms with Gasteiger partial charge in [0.2, 0.25) is 15.9 Å². The van der Waals surface area contributed by atoms with Crippen molar-refractivity contribution in [2.75, 3.05) is 29.8 Å². The number of piperidine rings is 1. The number of likely N-dealkylation sites (tertiary alicyclic amines) is 1. The predicted molar refractivity (Wildman–Crippen MR) is 103 cm³/mol. The maximum absolute atomic E-state index is 12.8. The monoisotopic (exact) mass is 428 g/mol. The van der Waals surface area contributed by atoms with Crippen LogP contribution in [-0.4, -0.2) is 56.6 Å². The molecule has 0 spiro atoms. The molecule has 1 aromatic carbocycles. The summed E-state index contributed by atoms with van der Waals surface area (Å²) < 4.78 is 29.8. The molecular weight excluding hydrogens is 408 g/mol. The summed E-state index contributed by atoms with van der Waals surface area (Å²) in [7, 11) is -3.69. The minimum absolute atomic E-state index is 0.0734. The van der Waals surface area contributed by atoms with Gasteiger partial charge in [0.15, 0.2) is 0 Å². The fourth-order valence-corrected chi connectivity index (χ4v) is 5.13. The van der Waals surface area contributed by atoms with Gasteiger partial charge >= 0.3 is 5.97 Å². The van der Waals surface area contributed by atoms with E-state index in [0.29, 0.717) is 32.5 Å². The van der Waals surface area contributed by atoms with Crippen LogP contribution >= 0.6 is 11.6 Å². The lowest BCUT2D eigenvalue weighted by molar-refractivity contribution is -0.149. The van der Waals surface area contributed by atoms with Gasteiger partial charge in [0.1, 0.15) is 0 Å². The number of ether oxygens (including phenoxy) is 1. The van der Waals surface area contributed by atoms with E-state index in [1.807, 2.05) is 0 Å². The zero-order chi connectivity index (χ0) is 20.5. The zero-order valence-electron chi connectivity index (χ0n) is 15.4. The molecule has 1 aromatic rings. The van der Waals surface area contributed by atoms with Gasteiger partial charge in [-0.15, -0.1) is 0 Å². The number of carbonyl (C=O) groups excluding carboxylic acids is 3. The summed E-state index contributed by atoms with van der Waals surface area (Å²) in [6.45, 7) is 2.89.